The largest absolute Gasteiger partial charge is 0.506 e. The Morgan fingerprint density at radius 3 is 2.15 bits per heavy atom. The Balaban J connectivity index is 1.96. The van der Waals surface area contributed by atoms with E-state index in [2.05, 4.69) is 59.0 Å². The van der Waals surface area contributed by atoms with E-state index in [1.54, 1.807) is 5.32 Å². The predicted octanol–water partition coefficient (Wildman–Crippen LogP) is 7.40. The van der Waals surface area contributed by atoms with E-state index in [4.69, 9.17) is 4.74 Å². The maximum absolute atomic E-state index is 13.1. The molecule has 3 N–H and O–H groups in total. The van der Waals surface area contributed by atoms with Crippen LogP contribution in [0.5, 0.6) is 11.5 Å². The van der Waals surface area contributed by atoms with Crippen molar-refractivity contribution < 1.29 is 37.0 Å². The van der Waals surface area contributed by atoms with Crippen LogP contribution in [0.3, 0.4) is 0 Å². The molecule has 0 saturated carbocycles. The van der Waals surface area contributed by atoms with Crippen molar-refractivity contribution in [3.8, 4) is 11.5 Å². The lowest BCUT2D eigenvalue weighted by molar-refractivity contribution is -0.183. The molecule has 0 aliphatic rings. The minimum Gasteiger partial charge on any atom is -0.506 e. The van der Waals surface area contributed by atoms with Gasteiger partial charge in [0.05, 0.1) is 12.3 Å². The average molecular weight is 555 g/mol. The molecule has 2 aromatic rings. The quantitative estimate of drug-likeness (QED) is 0.145. The third-order valence-corrected chi connectivity index (χ3v) is 7.12. The number of amides is 2. The van der Waals surface area contributed by atoms with Crippen LogP contribution in [0.25, 0.3) is 0 Å². The molecule has 0 bridgehead atoms. The van der Waals surface area contributed by atoms with E-state index in [0.29, 0.717) is 13.0 Å². The van der Waals surface area contributed by atoms with Gasteiger partial charge in [-0.25, -0.2) is 4.39 Å². The molecule has 2 amide bonds. The highest BCUT2D eigenvalue weighted by Crippen LogP contribution is 2.38. The van der Waals surface area contributed by atoms with Gasteiger partial charge in [0.15, 0.2) is 0 Å². The molecule has 2 aromatic carbocycles. The minimum atomic E-state index is -5.36. The zero-order valence-electron chi connectivity index (χ0n) is 23.3. The van der Waals surface area contributed by atoms with E-state index in [1.165, 1.54) is 11.6 Å². The number of ether oxygens (including phenoxy) is 1. The zero-order valence-corrected chi connectivity index (χ0v) is 23.3. The number of rotatable bonds is 12. The Morgan fingerprint density at radius 2 is 1.59 bits per heavy atom. The second-order valence-electron chi connectivity index (χ2n) is 10.8. The number of hydrogen-bond donors (Lipinski definition) is 3. The van der Waals surface area contributed by atoms with Gasteiger partial charge < -0.3 is 20.5 Å². The molecule has 2 rings (SSSR count). The molecular weight excluding hydrogens is 516 g/mol. The van der Waals surface area contributed by atoms with E-state index >= 15 is 0 Å². The van der Waals surface area contributed by atoms with Crippen molar-refractivity contribution in [3.05, 3.63) is 47.5 Å². The summed E-state index contributed by atoms with van der Waals surface area (Å²) in [6, 6.07) is 9.66. The van der Waals surface area contributed by atoms with Crippen molar-refractivity contribution >= 4 is 23.2 Å². The lowest BCUT2D eigenvalue weighted by Crippen LogP contribution is -2.36. The summed E-state index contributed by atoms with van der Waals surface area (Å²) in [6.45, 7) is 13.4. The molecule has 6 nitrogen and oxygen atoms in total. The number of aromatic hydroxyl groups is 1. The molecular formula is C29H38F4N2O4. The Hall–Kier alpha value is -3.30. The first-order valence-corrected chi connectivity index (χ1v) is 12.9. The summed E-state index contributed by atoms with van der Waals surface area (Å²) >= 11 is 0. The monoisotopic (exact) mass is 554 g/mol. The van der Waals surface area contributed by atoms with Gasteiger partial charge in [-0.1, -0.05) is 53.7 Å². The van der Waals surface area contributed by atoms with Crippen molar-refractivity contribution in [2.75, 3.05) is 17.2 Å². The van der Waals surface area contributed by atoms with Gasteiger partial charge in [-0.2, -0.15) is 13.2 Å². The fourth-order valence-corrected chi connectivity index (χ4v) is 3.70. The molecule has 0 spiro atoms. The smallest absolute Gasteiger partial charge is 0.428 e. The van der Waals surface area contributed by atoms with Crippen molar-refractivity contribution in [2.24, 2.45) is 0 Å². The summed E-state index contributed by atoms with van der Waals surface area (Å²) in [5, 5.41) is 14.2. The third-order valence-electron chi connectivity index (χ3n) is 7.12. The third kappa shape index (κ3) is 8.60. The first kappa shape index (κ1) is 31.9. The standard InChI is InChI=1S/C29H38F4N2O4/c1-7-27(3,4)18-11-14-23(20(16-18)28(5,6)8-2)39-15-9-10-24(37)34-19-12-13-21(22(36)17-19)35-26(38)25(30)29(31,32)33/h11-14,16-17,25,36H,7-10,15H2,1-6H3,(H,34,37)(H,35,38)/t25-/m0/s1. The number of alkyl halides is 4. The van der Waals surface area contributed by atoms with Crippen molar-refractivity contribution in [1.29, 1.82) is 0 Å². The molecule has 0 unspecified atom stereocenters. The Kier molecular flexibility index (Phi) is 10.4. The van der Waals surface area contributed by atoms with Crippen LogP contribution in [0.2, 0.25) is 0 Å². The second-order valence-corrected chi connectivity index (χ2v) is 10.8. The van der Waals surface area contributed by atoms with Gasteiger partial charge in [-0.05, 0) is 53.9 Å². The van der Waals surface area contributed by atoms with Gasteiger partial charge in [-0.15, -0.1) is 0 Å². The summed E-state index contributed by atoms with van der Waals surface area (Å²) in [4.78, 5) is 23.8. The fourth-order valence-electron chi connectivity index (χ4n) is 3.70. The van der Waals surface area contributed by atoms with Crippen molar-refractivity contribution in [3.63, 3.8) is 0 Å². The Labute approximate surface area is 227 Å². The first-order chi connectivity index (χ1) is 18.0. The van der Waals surface area contributed by atoms with Crippen molar-refractivity contribution in [2.45, 2.75) is 90.4 Å². The van der Waals surface area contributed by atoms with E-state index in [0.717, 1.165) is 36.3 Å². The number of benzene rings is 2. The molecule has 0 fully saturated rings. The molecule has 0 aromatic heterocycles. The number of carbonyl (C=O) groups is 2. The summed E-state index contributed by atoms with van der Waals surface area (Å²) in [5.41, 5.74) is 2.03. The van der Waals surface area contributed by atoms with Gasteiger partial charge in [0.1, 0.15) is 11.5 Å². The van der Waals surface area contributed by atoms with Crippen LogP contribution in [-0.2, 0) is 20.4 Å². The first-order valence-electron chi connectivity index (χ1n) is 12.9. The predicted molar refractivity (Wildman–Crippen MR) is 144 cm³/mol. The molecule has 1 atom stereocenters. The van der Waals surface area contributed by atoms with Crippen LogP contribution in [0.4, 0.5) is 28.9 Å². The number of nitrogens with one attached hydrogen (secondary N) is 2. The number of phenols is 1. The Morgan fingerprint density at radius 1 is 0.949 bits per heavy atom. The average Bonchev–Trinajstić information content (AvgIpc) is 2.87. The topological polar surface area (TPSA) is 87.7 Å². The van der Waals surface area contributed by atoms with Crippen LogP contribution >= 0.6 is 0 Å². The molecule has 0 saturated heterocycles. The fraction of sp³-hybridized carbons (Fsp3) is 0.517. The van der Waals surface area contributed by atoms with Crippen molar-refractivity contribution in [1.82, 2.24) is 0 Å². The maximum Gasteiger partial charge on any atom is 0.428 e. The Bertz CT molecular complexity index is 1160. The number of halogens is 4. The zero-order chi connectivity index (χ0) is 29.6. The maximum atomic E-state index is 13.1. The van der Waals surface area contributed by atoms with Gasteiger partial charge >= 0.3 is 6.18 Å². The van der Waals surface area contributed by atoms with Crippen LogP contribution in [0.1, 0.15) is 78.4 Å². The molecule has 0 aliphatic carbocycles. The van der Waals surface area contributed by atoms with E-state index < -0.39 is 29.7 Å². The van der Waals surface area contributed by atoms with E-state index in [-0.39, 0.29) is 28.8 Å². The minimum absolute atomic E-state index is 0.0339. The van der Waals surface area contributed by atoms with Gasteiger partial charge in [0, 0.05) is 23.7 Å². The number of anilines is 2. The van der Waals surface area contributed by atoms with Gasteiger partial charge in [-0.3, -0.25) is 9.59 Å². The van der Waals surface area contributed by atoms with E-state index in [9.17, 15) is 32.3 Å². The highest BCUT2D eigenvalue weighted by Gasteiger charge is 2.45. The SMILES string of the molecule is CCC(C)(C)c1ccc(OCCCC(=O)Nc2ccc(NC(=O)[C@H](F)C(F)(F)F)c(O)c2)c(C(C)(C)CC)c1. The number of hydrogen-bond acceptors (Lipinski definition) is 4. The molecule has 0 radical (unpaired) electrons. The summed E-state index contributed by atoms with van der Waals surface area (Å²) in [5.74, 6) is -2.17. The molecule has 0 aliphatic heterocycles. The highest BCUT2D eigenvalue weighted by atomic mass is 19.4. The normalized spacial score (nSPS) is 13.1. The number of phenolic OH excluding ortho intramolecular Hbond substituents is 1. The van der Waals surface area contributed by atoms with E-state index in [1.807, 2.05) is 6.07 Å². The van der Waals surface area contributed by atoms with Gasteiger partial charge in [0.2, 0.25) is 5.91 Å². The lowest BCUT2D eigenvalue weighted by atomic mass is 9.76. The molecule has 10 heteroatoms. The van der Waals surface area contributed by atoms with Crippen LogP contribution in [0, 0.1) is 0 Å². The molecule has 216 valence electrons. The highest BCUT2D eigenvalue weighted by molar-refractivity contribution is 5.97. The molecule has 39 heavy (non-hydrogen) atoms. The lowest BCUT2D eigenvalue weighted by Gasteiger charge is -2.30. The number of carbonyl (C=O) groups excluding carboxylic acids is 2. The van der Waals surface area contributed by atoms with Gasteiger partial charge in [0.25, 0.3) is 12.1 Å². The van der Waals surface area contributed by atoms with Crippen LogP contribution in [0.15, 0.2) is 36.4 Å². The van der Waals surface area contributed by atoms with Crippen LogP contribution < -0.4 is 15.4 Å². The molecule has 0 heterocycles. The second kappa shape index (κ2) is 12.7. The summed E-state index contributed by atoms with van der Waals surface area (Å²) in [6.07, 6.45) is -6.64. The summed E-state index contributed by atoms with van der Waals surface area (Å²) < 4.78 is 56.2. The summed E-state index contributed by atoms with van der Waals surface area (Å²) in [7, 11) is 0. The van der Waals surface area contributed by atoms with Crippen LogP contribution in [-0.4, -0.2) is 35.9 Å².